The first-order valence-corrected chi connectivity index (χ1v) is 42.1. The van der Waals surface area contributed by atoms with E-state index in [1.807, 2.05) is 59.8 Å². The third-order valence-electron chi connectivity index (χ3n) is 25.9. The number of aliphatic hydroxyl groups is 6. The Balaban J connectivity index is 0.000000318. The smallest absolute Gasteiger partial charge is 0.329 e. The number of aliphatic hydroxyl groups excluding tert-OH is 4. The number of hydrogen-bond acceptors (Lipinski definition) is 24. The fraction of sp³-hybridized carbons (Fsp3) is 0.795. The number of cyclic esters (lactones) is 2. The van der Waals surface area contributed by atoms with Gasteiger partial charge >= 0.3 is 11.9 Å². The highest BCUT2D eigenvalue weighted by molar-refractivity contribution is 6.39. The van der Waals surface area contributed by atoms with Gasteiger partial charge in [0.15, 0.2) is 0 Å². The number of carbonyl (C=O) groups is 8. The number of halogens is 1. The molecule has 4 saturated heterocycles. The summed E-state index contributed by atoms with van der Waals surface area (Å²) in [5.74, 6) is -16.3. The van der Waals surface area contributed by atoms with Gasteiger partial charge in [0.1, 0.15) is 48.1 Å². The zero-order chi connectivity index (χ0) is 85.2. The number of fused-ring (bicyclic) bond motifs is 6. The number of ether oxygens (including phenoxy) is 10. The normalized spacial score (nSPS) is 40.8. The molecule has 0 aromatic rings. The lowest BCUT2D eigenvalue weighted by atomic mass is 9.81. The molecular formula is C88H139FN2O24. The first-order valence-electron chi connectivity index (χ1n) is 42.1. The maximum absolute atomic E-state index is 14.3. The summed E-state index contributed by atoms with van der Waals surface area (Å²) in [7, 11) is 9.16. The van der Waals surface area contributed by atoms with Crippen molar-refractivity contribution >= 4 is 46.9 Å². The molecule has 4 bridgehead atoms. The number of amides is 2. The molecule has 115 heavy (non-hydrogen) atoms. The molecule has 652 valence electrons. The van der Waals surface area contributed by atoms with Crippen molar-refractivity contribution in [3.8, 4) is 0 Å². The summed E-state index contributed by atoms with van der Waals surface area (Å²) >= 11 is 0. The third kappa shape index (κ3) is 24.7. The fourth-order valence-electron chi connectivity index (χ4n) is 19.0. The molecule has 8 aliphatic rings. The lowest BCUT2D eigenvalue weighted by Gasteiger charge is -2.47. The zero-order valence-electron chi connectivity index (χ0n) is 71.5. The molecule has 8 rings (SSSR count). The van der Waals surface area contributed by atoms with Crippen molar-refractivity contribution in [2.24, 2.45) is 59.2 Å². The van der Waals surface area contributed by atoms with E-state index in [-0.39, 0.29) is 105 Å². The number of ketones is 4. The maximum atomic E-state index is 14.3. The number of rotatable bonds is 14. The number of alkyl halides is 1. The van der Waals surface area contributed by atoms with Gasteiger partial charge in [-0.05, 0) is 198 Å². The van der Waals surface area contributed by atoms with E-state index in [1.54, 1.807) is 54.9 Å². The number of Topliss-reactive ketones (excluding diaryl/α,β-unsaturated/α-hetero) is 4. The summed E-state index contributed by atoms with van der Waals surface area (Å²) in [5, 5.41) is 68.3. The van der Waals surface area contributed by atoms with Crippen LogP contribution in [0.2, 0.25) is 0 Å². The summed E-state index contributed by atoms with van der Waals surface area (Å²) in [4.78, 5) is 116. The Bertz CT molecular complexity index is 3420. The first-order chi connectivity index (χ1) is 54.3. The number of methoxy groups -OCH3 is 6. The van der Waals surface area contributed by atoms with Crippen molar-refractivity contribution in [1.29, 1.82) is 0 Å². The van der Waals surface area contributed by atoms with Crippen LogP contribution >= 0.6 is 0 Å². The number of nitrogens with zero attached hydrogens (tertiary/aromatic N) is 2. The molecule has 2 amide bonds. The molecule has 27 heteroatoms. The van der Waals surface area contributed by atoms with E-state index in [4.69, 9.17) is 47.4 Å². The summed E-state index contributed by atoms with van der Waals surface area (Å²) in [5.41, 5.74) is 3.88. The van der Waals surface area contributed by atoms with E-state index in [0.29, 0.717) is 107 Å². The summed E-state index contributed by atoms with van der Waals surface area (Å²) < 4.78 is 73.3. The largest absolute Gasteiger partial charge is 0.456 e. The van der Waals surface area contributed by atoms with Gasteiger partial charge in [-0.25, -0.2) is 9.59 Å². The van der Waals surface area contributed by atoms with Gasteiger partial charge < -0.3 is 87.8 Å². The van der Waals surface area contributed by atoms with Crippen LogP contribution in [0.3, 0.4) is 0 Å². The standard InChI is InChI=1S/C45H71NO12.C43H68FNO12/c1-25(2)17-32-19-26(3)18-27(4)20-38(55-9)41-39(56-10)22-29(6)45(53,58-41)42(50)43(51)46-16-12-11-13-33(46)44(52)57-40(30(7)35(48)24-36(32)49)28(5)21-31-14-15-34(47)37(23-31)54-8;1-24-17-25(2)19-36(54-7)39-37(55-8)21-27(4)43(52,57-39)40(49)41(50)45-16-10-9-11-31(45)42(51)56-38(26(3)20-29-12-13-32(46)35(22-29)53-6)28(5)33(47)23-34(48)30(18-24)14-15-44/h19,21,27,29-35,37-41,47-48,53H,1,11-18,20,22-24H2,2-10H3;18,20,25,27-33,35-39,46-47,52H,9-17,19,21-23H2,1-8H3/b26-19+,28-21+;24-18+,26-20+/t27-,29+,30+,31-,32+,33-,34+,35-,37+,38-,39-,40+,41+,45+;25-,27+,28+,29-,30+,31-,32+,33-,35+,36-,37-,38+,39+,43+/m00/s1. The molecule has 6 heterocycles. The lowest BCUT2D eigenvalue weighted by Crippen LogP contribution is -2.64. The van der Waals surface area contributed by atoms with Gasteiger partial charge in [-0.2, -0.15) is 0 Å². The topological polar surface area (TPSA) is 357 Å². The lowest BCUT2D eigenvalue weighted by molar-refractivity contribution is -0.302. The number of carbonyl (C=O) groups excluding carboxylic acids is 8. The van der Waals surface area contributed by atoms with Gasteiger partial charge in [-0.15, -0.1) is 6.58 Å². The van der Waals surface area contributed by atoms with Crippen LogP contribution in [0.1, 0.15) is 217 Å². The maximum Gasteiger partial charge on any atom is 0.329 e. The highest BCUT2D eigenvalue weighted by Gasteiger charge is 2.59. The monoisotopic (exact) mass is 1630 g/mol. The Morgan fingerprint density at radius 2 is 0.852 bits per heavy atom. The molecule has 0 aromatic heterocycles. The third-order valence-corrected chi connectivity index (χ3v) is 25.9. The number of piperidine rings is 2. The molecule has 0 radical (unpaired) electrons. The van der Waals surface area contributed by atoms with Crippen LogP contribution in [0.4, 0.5) is 4.39 Å². The average Bonchev–Trinajstić information content (AvgIpc) is 1.11. The minimum Gasteiger partial charge on any atom is -0.456 e. The molecular weight excluding hydrogens is 1490 g/mol. The van der Waals surface area contributed by atoms with Gasteiger partial charge in [0.05, 0.1) is 67.7 Å². The second kappa shape index (κ2) is 44.3. The van der Waals surface area contributed by atoms with E-state index >= 15 is 0 Å². The van der Waals surface area contributed by atoms with Gasteiger partial charge in [-0.1, -0.05) is 82.6 Å². The quantitative estimate of drug-likeness (QED) is 0.0535. The molecule has 6 N–H and O–H groups in total. The minimum absolute atomic E-state index is 0.00627. The van der Waals surface area contributed by atoms with Crippen molar-refractivity contribution in [2.75, 3.05) is 62.4 Å². The van der Waals surface area contributed by atoms with Gasteiger partial charge in [-0.3, -0.25) is 33.2 Å². The SMILES string of the molecule is C=C(C)C[C@@H]1/C=C(\C)C[C@H](C)C[C@H](OC)[C@H]2O[C@@](O)(C(=O)C(=O)N3CCCC[C@H]3C(=O)O[C@H](/C(C)=C/[C@@H]3CC[C@@H](O)[C@H](OC)C3)[C@H](C)[C@@H](O)CC1=O)[C@H](C)C[C@@H]2OC.CO[C@H]1C[C@@H](C)C/C(C)=C/[C@@H](CCF)C(=O)C[C@H](O)[C@@H](C)[C@@H](/C(C)=C/[C@@H]2CC[C@@H](O)[C@H](OC)C2)OC(=O)[C@@H]2CCCCN2C(=O)C(=O)[C@]2(O)O[C@H]1[C@@H](OC)C[C@H]2C. The van der Waals surface area contributed by atoms with E-state index < -0.39 is 174 Å². The summed E-state index contributed by atoms with van der Waals surface area (Å²) in [6, 6.07) is -2.32. The van der Waals surface area contributed by atoms with Gasteiger partial charge in [0.2, 0.25) is 11.6 Å². The van der Waals surface area contributed by atoms with E-state index in [1.165, 1.54) is 33.3 Å². The molecule has 0 spiro atoms. The average molecular weight is 1630 g/mol. The van der Waals surface area contributed by atoms with E-state index in [9.17, 15) is 73.4 Å². The molecule has 0 unspecified atom stereocenters. The van der Waals surface area contributed by atoms with Crippen LogP contribution < -0.4 is 0 Å². The van der Waals surface area contributed by atoms with Crippen molar-refractivity contribution < 1.29 is 121 Å². The first kappa shape index (κ1) is 96.8. The number of hydrogen-bond donors (Lipinski definition) is 6. The Hall–Kier alpha value is -5.37. The number of allylic oxidation sites excluding steroid dienone is 7. The van der Waals surface area contributed by atoms with Gasteiger partial charge in [0, 0.05) is 104 Å². The van der Waals surface area contributed by atoms with Crippen molar-refractivity contribution in [3.05, 3.63) is 58.7 Å². The highest BCUT2D eigenvalue weighted by atomic mass is 19.1. The van der Waals surface area contributed by atoms with E-state index in [0.717, 1.165) is 21.6 Å². The zero-order valence-corrected chi connectivity index (χ0v) is 71.5. The molecule has 0 aromatic carbocycles. The van der Waals surface area contributed by atoms with Crippen molar-refractivity contribution in [3.63, 3.8) is 0 Å². The predicted molar refractivity (Wildman–Crippen MR) is 426 cm³/mol. The van der Waals surface area contributed by atoms with Crippen LogP contribution in [-0.4, -0.2) is 259 Å². The molecule has 6 aliphatic heterocycles. The van der Waals surface area contributed by atoms with Crippen molar-refractivity contribution in [1.82, 2.24) is 9.80 Å². The second-order valence-corrected chi connectivity index (χ2v) is 35.1. The van der Waals surface area contributed by atoms with Crippen LogP contribution in [0.15, 0.2) is 58.7 Å². The molecule has 28 atom stereocenters. The molecule has 26 nitrogen and oxygen atoms in total. The fourth-order valence-corrected chi connectivity index (χ4v) is 19.0. The second-order valence-electron chi connectivity index (χ2n) is 35.1. The van der Waals surface area contributed by atoms with Crippen LogP contribution in [0.25, 0.3) is 0 Å². The van der Waals surface area contributed by atoms with Crippen LogP contribution in [0.5, 0.6) is 0 Å². The van der Waals surface area contributed by atoms with E-state index in [2.05, 4.69) is 6.58 Å². The van der Waals surface area contributed by atoms with Crippen LogP contribution in [-0.2, 0) is 85.7 Å². The molecule has 2 saturated carbocycles. The summed E-state index contributed by atoms with van der Waals surface area (Å²) in [6.45, 7) is 23.5. The van der Waals surface area contributed by atoms with Crippen LogP contribution in [0, 0.1) is 59.2 Å². The van der Waals surface area contributed by atoms with Crippen molar-refractivity contribution in [2.45, 2.75) is 327 Å². The molecule has 2 aliphatic carbocycles. The Morgan fingerprint density at radius 3 is 1.21 bits per heavy atom. The Kier molecular flexibility index (Phi) is 37.2. The van der Waals surface area contributed by atoms with Gasteiger partial charge in [0.25, 0.3) is 23.4 Å². The highest BCUT2D eigenvalue weighted by Crippen LogP contribution is 2.43. The Morgan fingerprint density at radius 1 is 0.496 bits per heavy atom. The molecule has 6 fully saturated rings. The predicted octanol–water partition coefficient (Wildman–Crippen LogP) is 9.45. The Labute approximate surface area is 681 Å². The summed E-state index contributed by atoms with van der Waals surface area (Å²) in [6.07, 6.45) is 5.16. The minimum atomic E-state index is -2.54. The number of esters is 2.